The van der Waals surface area contributed by atoms with Crippen molar-refractivity contribution in [3.8, 4) is 11.5 Å². The number of fused-ring (bicyclic) bond motifs is 1. The minimum Gasteiger partial charge on any atom is -0.454 e. The molecule has 0 atom stereocenters. The van der Waals surface area contributed by atoms with Crippen LogP contribution in [0.15, 0.2) is 42.5 Å². The van der Waals surface area contributed by atoms with Crippen LogP contribution in [-0.4, -0.2) is 37.1 Å². The largest absolute Gasteiger partial charge is 0.454 e. The van der Waals surface area contributed by atoms with Gasteiger partial charge in [-0.3, -0.25) is 9.59 Å². The van der Waals surface area contributed by atoms with Gasteiger partial charge in [-0.25, -0.2) is 4.39 Å². The second-order valence-electron chi connectivity index (χ2n) is 5.29. The fraction of sp³-hybridized carbons (Fsp3) is 0.176. The second kappa shape index (κ2) is 6.57. The van der Waals surface area contributed by atoms with E-state index in [2.05, 4.69) is 5.32 Å². The number of amides is 2. The lowest BCUT2D eigenvalue weighted by atomic mass is 10.2. The first-order chi connectivity index (χ1) is 11.5. The van der Waals surface area contributed by atoms with Crippen LogP contribution in [0, 0.1) is 5.82 Å². The number of nitrogens with one attached hydrogen (secondary N) is 1. The molecule has 0 saturated carbocycles. The fourth-order valence-electron chi connectivity index (χ4n) is 2.30. The Bertz CT molecular complexity index is 794. The quantitative estimate of drug-likeness (QED) is 0.934. The molecule has 0 fully saturated rings. The number of nitrogens with zero attached hydrogens (tertiary/aromatic N) is 1. The zero-order valence-corrected chi connectivity index (χ0v) is 12.9. The zero-order chi connectivity index (χ0) is 17.1. The van der Waals surface area contributed by atoms with Gasteiger partial charge in [-0.2, -0.15) is 0 Å². The summed E-state index contributed by atoms with van der Waals surface area (Å²) in [7, 11) is 1.51. The summed E-state index contributed by atoms with van der Waals surface area (Å²) in [6.07, 6.45) is 0. The Morgan fingerprint density at radius 3 is 2.75 bits per heavy atom. The molecule has 124 valence electrons. The van der Waals surface area contributed by atoms with Gasteiger partial charge < -0.3 is 19.7 Å². The molecule has 1 aliphatic heterocycles. The molecule has 24 heavy (non-hydrogen) atoms. The molecule has 0 aliphatic carbocycles. The SMILES string of the molecule is CN(CC(=O)Nc1cccc(F)c1)C(=O)c1ccc2c(c1)OCO2. The van der Waals surface area contributed by atoms with Gasteiger partial charge in [0.2, 0.25) is 12.7 Å². The van der Waals surface area contributed by atoms with Gasteiger partial charge >= 0.3 is 0 Å². The summed E-state index contributed by atoms with van der Waals surface area (Å²) in [6, 6.07) is 10.4. The molecule has 2 aromatic rings. The summed E-state index contributed by atoms with van der Waals surface area (Å²) in [5, 5.41) is 2.54. The molecule has 2 amide bonds. The van der Waals surface area contributed by atoms with Crippen molar-refractivity contribution in [2.75, 3.05) is 25.7 Å². The standard InChI is InChI=1S/C17H15FN2O4/c1-20(9-16(21)19-13-4-2-3-12(18)8-13)17(22)11-5-6-14-15(7-11)24-10-23-14/h2-8H,9-10H2,1H3,(H,19,21). The molecular formula is C17H15FN2O4. The third-order valence-electron chi connectivity index (χ3n) is 3.46. The maximum absolute atomic E-state index is 13.1. The fourth-order valence-corrected chi connectivity index (χ4v) is 2.30. The van der Waals surface area contributed by atoms with Crippen molar-refractivity contribution in [3.63, 3.8) is 0 Å². The molecule has 0 spiro atoms. The number of rotatable bonds is 4. The van der Waals surface area contributed by atoms with Gasteiger partial charge in [-0.1, -0.05) is 6.07 Å². The predicted octanol–water partition coefficient (Wildman–Crippen LogP) is 2.27. The Hall–Kier alpha value is -3.09. The monoisotopic (exact) mass is 330 g/mol. The Morgan fingerprint density at radius 1 is 1.17 bits per heavy atom. The molecule has 3 rings (SSSR count). The van der Waals surface area contributed by atoms with Crippen LogP contribution >= 0.6 is 0 Å². The zero-order valence-electron chi connectivity index (χ0n) is 12.9. The third kappa shape index (κ3) is 3.45. The Morgan fingerprint density at radius 2 is 1.96 bits per heavy atom. The number of carbonyl (C=O) groups is 2. The van der Waals surface area contributed by atoms with Gasteiger partial charge in [0.15, 0.2) is 11.5 Å². The van der Waals surface area contributed by atoms with Gasteiger partial charge in [-0.05, 0) is 36.4 Å². The van der Waals surface area contributed by atoms with Crippen molar-refractivity contribution in [2.24, 2.45) is 0 Å². The van der Waals surface area contributed by atoms with E-state index in [-0.39, 0.29) is 19.2 Å². The van der Waals surface area contributed by atoms with Crippen molar-refractivity contribution >= 4 is 17.5 Å². The Kier molecular flexibility index (Phi) is 4.33. The topological polar surface area (TPSA) is 67.9 Å². The number of hydrogen-bond acceptors (Lipinski definition) is 4. The summed E-state index contributed by atoms with van der Waals surface area (Å²) in [5.74, 6) is -0.117. The summed E-state index contributed by atoms with van der Waals surface area (Å²) in [4.78, 5) is 25.6. The summed E-state index contributed by atoms with van der Waals surface area (Å²) < 4.78 is 23.5. The van der Waals surface area contributed by atoms with Gasteiger partial charge in [0, 0.05) is 18.3 Å². The number of anilines is 1. The minimum absolute atomic E-state index is 0.124. The first kappa shape index (κ1) is 15.8. The smallest absolute Gasteiger partial charge is 0.254 e. The van der Waals surface area contributed by atoms with Gasteiger partial charge in [-0.15, -0.1) is 0 Å². The van der Waals surface area contributed by atoms with Gasteiger partial charge in [0.05, 0.1) is 6.54 Å². The summed E-state index contributed by atoms with van der Waals surface area (Å²) in [6.45, 7) is -0.0390. The third-order valence-corrected chi connectivity index (χ3v) is 3.46. The highest BCUT2D eigenvalue weighted by molar-refractivity contribution is 5.99. The molecule has 1 heterocycles. The number of halogens is 1. The van der Waals surface area contributed by atoms with Crippen LogP contribution in [0.3, 0.4) is 0 Å². The molecule has 0 saturated heterocycles. The Balaban J connectivity index is 1.62. The van der Waals surface area contributed by atoms with Crippen LogP contribution in [-0.2, 0) is 4.79 Å². The highest BCUT2D eigenvalue weighted by Gasteiger charge is 2.19. The van der Waals surface area contributed by atoms with Crippen molar-refractivity contribution in [2.45, 2.75) is 0 Å². The lowest BCUT2D eigenvalue weighted by molar-refractivity contribution is -0.116. The first-order valence-electron chi connectivity index (χ1n) is 7.23. The van der Waals surface area contributed by atoms with E-state index >= 15 is 0 Å². The number of ether oxygens (including phenoxy) is 2. The molecule has 0 aromatic heterocycles. The lowest BCUT2D eigenvalue weighted by Crippen LogP contribution is -2.34. The van der Waals surface area contributed by atoms with E-state index in [1.54, 1.807) is 24.3 Å². The molecule has 1 aliphatic rings. The summed E-state index contributed by atoms with van der Waals surface area (Å²) >= 11 is 0. The van der Waals surface area contributed by atoms with E-state index in [9.17, 15) is 14.0 Å². The molecule has 0 unspecified atom stereocenters. The van der Waals surface area contributed by atoms with E-state index in [1.165, 1.54) is 30.1 Å². The van der Waals surface area contributed by atoms with Crippen LogP contribution in [0.25, 0.3) is 0 Å². The van der Waals surface area contributed by atoms with E-state index in [4.69, 9.17) is 9.47 Å². The normalized spacial score (nSPS) is 11.9. The van der Waals surface area contributed by atoms with Crippen molar-refractivity contribution in [1.29, 1.82) is 0 Å². The van der Waals surface area contributed by atoms with Crippen LogP contribution in [0.5, 0.6) is 11.5 Å². The highest BCUT2D eigenvalue weighted by Crippen LogP contribution is 2.32. The molecular weight excluding hydrogens is 315 g/mol. The van der Waals surface area contributed by atoms with Crippen molar-refractivity contribution in [3.05, 3.63) is 53.8 Å². The van der Waals surface area contributed by atoms with Crippen molar-refractivity contribution in [1.82, 2.24) is 4.90 Å². The molecule has 2 aromatic carbocycles. The first-order valence-corrected chi connectivity index (χ1v) is 7.23. The maximum atomic E-state index is 13.1. The minimum atomic E-state index is -0.447. The second-order valence-corrected chi connectivity index (χ2v) is 5.29. The van der Waals surface area contributed by atoms with Gasteiger partial charge in [0.1, 0.15) is 5.82 Å². The van der Waals surface area contributed by atoms with Crippen LogP contribution in [0.2, 0.25) is 0 Å². The number of carbonyl (C=O) groups excluding carboxylic acids is 2. The molecule has 1 N–H and O–H groups in total. The number of likely N-dealkylation sites (N-methyl/N-ethyl adjacent to an activating group) is 1. The number of hydrogen-bond donors (Lipinski definition) is 1. The molecule has 6 nitrogen and oxygen atoms in total. The van der Waals surface area contributed by atoms with Crippen LogP contribution in [0.4, 0.5) is 10.1 Å². The predicted molar refractivity (Wildman–Crippen MR) is 84.6 cm³/mol. The molecule has 0 radical (unpaired) electrons. The summed E-state index contributed by atoms with van der Waals surface area (Å²) in [5.41, 5.74) is 0.726. The van der Waals surface area contributed by atoms with Crippen LogP contribution in [0.1, 0.15) is 10.4 Å². The van der Waals surface area contributed by atoms with E-state index < -0.39 is 11.7 Å². The van der Waals surface area contributed by atoms with Crippen molar-refractivity contribution < 1.29 is 23.5 Å². The van der Waals surface area contributed by atoms with E-state index in [1.807, 2.05) is 0 Å². The average molecular weight is 330 g/mol. The maximum Gasteiger partial charge on any atom is 0.254 e. The van der Waals surface area contributed by atoms with Gasteiger partial charge in [0.25, 0.3) is 5.91 Å². The average Bonchev–Trinajstić information content (AvgIpc) is 3.01. The lowest BCUT2D eigenvalue weighted by Gasteiger charge is -2.17. The number of benzene rings is 2. The van der Waals surface area contributed by atoms with E-state index in [0.717, 1.165) is 0 Å². The molecule has 7 heteroatoms. The highest BCUT2D eigenvalue weighted by atomic mass is 19.1. The Labute approximate surface area is 137 Å². The van der Waals surface area contributed by atoms with Crippen LogP contribution < -0.4 is 14.8 Å². The molecule has 0 bridgehead atoms. The van der Waals surface area contributed by atoms with E-state index in [0.29, 0.717) is 22.7 Å².